The molecule has 1 aromatic carbocycles. The summed E-state index contributed by atoms with van der Waals surface area (Å²) < 4.78 is 6.57. The molecule has 0 bridgehead atoms. The Bertz CT molecular complexity index is 847. The van der Waals surface area contributed by atoms with Crippen LogP contribution in [0.4, 0.5) is 0 Å². The number of esters is 1. The van der Waals surface area contributed by atoms with E-state index >= 15 is 0 Å². The molecule has 0 saturated heterocycles. The van der Waals surface area contributed by atoms with Gasteiger partial charge >= 0.3 is 5.97 Å². The topological polar surface area (TPSA) is 83.3 Å². The van der Waals surface area contributed by atoms with Gasteiger partial charge in [0.1, 0.15) is 0 Å². The fourth-order valence-electron chi connectivity index (χ4n) is 3.70. The Balaban J connectivity index is 1.69. The van der Waals surface area contributed by atoms with E-state index in [0.29, 0.717) is 13.0 Å². The number of carbonyl (C=O) groups excluding carboxylic acids is 2. The number of nitrogens with zero attached hydrogens (tertiary/aromatic N) is 3. The van der Waals surface area contributed by atoms with Crippen molar-refractivity contribution in [2.45, 2.75) is 44.9 Å². The number of hydrogen-bond acceptors (Lipinski definition) is 6. The van der Waals surface area contributed by atoms with E-state index in [-0.39, 0.29) is 24.9 Å². The molecule has 1 fully saturated rings. The third kappa shape index (κ3) is 4.68. The number of carbonyl (C=O) groups is 2. The zero-order valence-electron chi connectivity index (χ0n) is 16.1. The smallest absolute Gasteiger partial charge is 0.313 e. The molecular weight excluding hydrogens is 374 g/mol. The van der Waals surface area contributed by atoms with Gasteiger partial charge in [-0.25, -0.2) is 4.98 Å². The summed E-state index contributed by atoms with van der Waals surface area (Å²) in [4.78, 5) is 31.3. The molecule has 3 rings (SSSR count). The van der Waals surface area contributed by atoms with Crippen LogP contribution in [-0.4, -0.2) is 42.0 Å². The lowest BCUT2D eigenvalue weighted by Gasteiger charge is -2.34. The third-order valence-corrected chi connectivity index (χ3v) is 6.42. The van der Waals surface area contributed by atoms with Gasteiger partial charge in [-0.1, -0.05) is 31.4 Å². The molecule has 2 aromatic rings. The van der Waals surface area contributed by atoms with E-state index in [1.165, 1.54) is 4.90 Å². The number of hydrogen-bond donors (Lipinski definition) is 0. The first-order valence-electron chi connectivity index (χ1n) is 9.67. The number of rotatable bonds is 7. The van der Waals surface area contributed by atoms with Crippen LogP contribution in [0.3, 0.4) is 0 Å². The number of para-hydroxylation sites is 1. The van der Waals surface area contributed by atoms with Gasteiger partial charge in [-0.2, -0.15) is 5.26 Å². The number of nitriles is 1. The zero-order valence-corrected chi connectivity index (χ0v) is 17.0. The van der Waals surface area contributed by atoms with Crippen molar-refractivity contribution in [3.63, 3.8) is 0 Å². The van der Waals surface area contributed by atoms with Crippen LogP contribution < -0.4 is 0 Å². The SMILES string of the molecule is CN(CCC#N)C(=O)COC(=O)C1(Cc2nc3ccccc3s2)CCCCC1. The first-order valence-corrected chi connectivity index (χ1v) is 10.5. The molecule has 0 unspecified atom stereocenters. The molecule has 1 aromatic heterocycles. The second kappa shape index (κ2) is 9.16. The third-order valence-electron chi connectivity index (χ3n) is 5.38. The Morgan fingerprint density at radius 1 is 1.29 bits per heavy atom. The highest BCUT2D eigenvalue weighted by atomic mass is 32.1. The van der Waals surface area contributed by atoms with Crippen LogP contribution in [0.25, 0.3) is 10.2 Å². The molecule has 28 heavy (non-hydrogen) atoms. The predicted octanol–water partition coefficient (Wildman–Crippen LogP) is 3.70. The summed E-state index contributed by atoms with van der Waals surface area (Å²) in [5.74, 6) is -0.581. The standard InChI is InChI=1S/C21H25N3O3S/c1-24(13-7-12-22)19(25)15-27-20(26)21(10-5-2-6-11-21)14-18-23-16-8-3-4-9-17(16)28-18/h3-4,8-9H,2,5-7,10-11,13-15H2,1H3. The van der Waals surface area contributed by atoms with Gasteiger partial charge in [0.05, 0.1) is 33.1 Å². The molecular formula is C21H25N3O3S. The summed E-state index contributed by atoms with van der Waals surface area (Å²) in [6, 6.07) is 9.98. The van der Waals surface area contributed by atoms with Crippen LogP contribution in [0.2, 0.25) is 0 Å². The molecule has 0 spiro atoms. The number of fused-ring (bicyclic) bond motifs is 1. The van der Waals surface area contributed by atoms with E-state index in [4.69, 9.17) is 15.0 Å². The van der Waals surface area contributed by atoms with Crippen LogP contribution in [0.5, 0.6) is 0 Å². The van der Waals surface area contributed by atoms with Crippen LogP contribution in [0.15, 0.2) is 24.3 Å². The van der Waals surface area contributed by atoms with Crippen LogP contribution >= 0.6 is 11.3 Å². The fourth-order valence-corrected chi connectivity index (χ4v) is 4.81. The number of benzene rings is 1. The second-order valence-electron chi connectivity index (χ2n) is 7.39. The molecule has 6 nitrogen and oxygen atoms in total. The minimum absolute atomic E-state index is 0.262. The van der Waals surface area contributed by atoms with Crippen molar-refractivity contribution in [1.82, 2.24) is 9.88 Å². The Morgan fingerprint density at radius 3 is 2.75 bits per heavy atom. The van der Waals surface area contributed by atoms with Gasteiger partial charge in [0.2, 0.25) is 0 Å². The molecule has 0 N–H and O–H groups in total. The molecule has 148 valence electrons. The highest BCUT2D eigenvalue weighted by Crippen LogP contribution is 2.41. The maximum Gasteiger partial charge on any atom is 0.313 e. The van der Waals surface area contributed by atoms with Gasteiger partial charge < -0.3 is 9.64 Å². The molecule has 7 heteroatoms. The fraction of sp³-hybridized carbons (Fsp3) is 0.524. The minimum Gasteiger partial charge on any atom is -0.455 e. The second-order valence-corrected chi connectivity index (χ2v) is 8.51. The molecule has 0 aliphatic heterocycles. The maximum atomic E-state index is 13.0. The number of ether oxygens (including phenoxy) is 1. The van der Waals surface area contributed by atoms with E-state index in [1.807, 2.05) is 30.3 Å². The van der Waals surface area contributed by atoms with E-state index in [1.54, 1.807) is 18.4 Å². The lowest BCUT2D eigenvalue weighted by atomic mass is 9.72. The van der Waals surface area contributed by atoms with Crippen LogP contribution in [0, 0.1) is 16.7 Å². The van der Waals surface area contributed by atoms with Gasteiger partial charge in [0.15, 0.2) is 6.61 Å². The summed E-state index contributed by atoms with van der Waals surface area (Å²) in [7, 11) is 1.62. The number of amides is 1. The van der Waals surface area contributed by atoms with E-state index in [2.05, 4.69) is 0 Å². The zero-order chi connectivity index (χ0) is 20.0. The first-order chi connectivity index (χ1) is 13.5. The van der Waals surface area contributed by atoms with Crippen molar-refractivity contribution in [3.05, 3.63) is 29.3 Å². The van der Waals surface area contributed by atoms with Crippen molar-refractivity contribution < 1.29 is 14.3 Å². The predicted molar refractivity (Wildman–Crippen MR) is 108 cm³/mol. The highest BCUT2D eigenvalue weighted by Gasteiger charge is 2.42. The number of likely N-dealkylation sites (N-methyl/N-ethyl adjacent to an activating group) is 1. The molecule has 1 aliphatic rings. The Hall–Kier alpha value is -2.46. The average Bonchev–Trinajstić information content (AvgIpc) is 3.12. The van der Waals surface area contributed by atoms with Crippen molar-refractivity contribution in [2.75, 3.05) is 20.2 Å². The lowest BCUT2D eigenvalue weighted by molar-refractivity contribution is -0.162. The monoisotopic (exact) mass is 399 g/mol. The normalized spacial score (nSPS) is 15.7. The van der Waals surface area contributed by atoms with Crippen LogP contribution in [-0.2, 0) is 20.7 Å². The van der Waals surface area contributed by atoms with Crippen molar-refractivity contribution in [2.24, 2.45) is 5.41 Å². The molecule has 1 heterocycles. The summed E-state index contributed by atoms with van der Waals surface area (Å²) >= 11 is 1.62. The molecule has 0 radical (unpaired) electrons. The Morgan fingerprint density at radius 2 is 2.04 bits per heavy atom. The number of aromatic nitrogens is 1. The van der Waals surface area contributed by atoms with Gasteiger partial charge in [-0.15, -0.1) is 11.3 Å². The van der Waals surface area contributed by atoms with Gasteiger partial charge in [-0.3, -0.25) is 9.59 Å². The summed E-state index contributed by atoms with van der Waals surface area (Å²) in [5.41, 5.74) is 0.355. The molecule has 1 amide bonds. The quantitative estimate of drug-likeness (QED) is 0.663. The molecule has 1 saturated carbocycles. The summed E-state index contributed by atoms with van der Waals surface area (Å²) in [5, 5.41) is 9.58. The van der Waals surface area contributed by atoms with E-state index in [0.717, 1.165) is 47.3 Å². The molecule has 1 aliphatic carbocycles. The average molecular weight is 400 g/mol. The lowest BCUT2D eigenvalue weighted by Crippen LogP contribution is -2.40. The largest absolute Gasteiger partial charge is 0.455 e. The Labute approximate surface area is 169 Å². The first kappa shape index (κ1) is 20.3. The molecule has 0 atom stereocenters. The van der Waals surface area contributed by atoms with Gasteiger partial charge in [0.25, 0.3) is 5.91 Å². The van der Waals surface area contributed by atoms with Crippen molar-refractivity contribution in [3.8, 4) is 6.07 Å². The van der Waals surface area contributed by atoms with E-state index in [9.17, 15) is 9.59 Å². The summed E-state index contributed by atoms with van der Waals surface area (Å²) in [6.45, 7) is 0.0616. The van der Waals surface area contributed by atoms with Crippen molar-refractivity contribution in [1.29, 1.82) is 5.26 Å². The van der Waals surface area contributed by atoms with Crippen LogP contribution in [0.1, 0.15) is 43.5 Å². The van der Waals surface area contributed by atoms with Gasteiger partial charge in [-0.05, 0) is 25.0 Å². The minimum atomic E-state index is -0.600. The highest BCUT2D eigenvalue weighted by molar-refractivity contribution is 7.18. The maximum absolute atomic E-state index is 13.0. The summed E-state index contributed by atoms with van der Waals surface area (Å²) in [6.07, 6.45) is 5.43. The van der Waals surface area contributed by atoms with Gasteiger partial charge in [0, 0.05) is 20.0 Å². The van der Waals surface area contributed by atoms with Crippen molar-refractivity contribution >= 4 is 33.4 Å². The van der Waals surface area contributed by atoms with E-state index < -0.39 is 5.41 Å². The Kier molecular flexibility index (Phi) is 6.63. The number of thiazole rings is 1.